The second-order valence-electron chi connectivity index (χ2n) is 8.38. The highest BCUT2D eigenvalue weighted by Crippen LogP contribution is 2.42. The largest absolute Gasteiger partial charge is 0.295 e. The van der Waals surface area contributed by atoms with Crippen molar-refractivity contribution in [2.24, 2.45) is 0 Å². The van der Waals surface area contributed by atoms with Crippen LogP contribution in [0.3, 0.4) is 0 Å². The van der Waals surface area contributed by atoms with Gasteiger partial charge in [-0.25, -0.2) is 0 Å². The van der Waals surface area contributed by atoms with Crippen molar-refractivity contribution in [3.8, 4) is 0 Å². The predicted molar refractivity (Wildman–Crippen MR) is 94.2 cm³/mol. The van der Waals surface area contributed by atoms with Crippen molar-refractivity contribution in [2.75, 3.05) is 0 Å². The van der Waals surface area contributed by atoms with Gasteiger partial charge in [0.15, 0.2) is 0 Å². The van der Waals surface area contributed by atoms with Gasteiger partial charge in [0.1, 0.15) is 0 Å². The molecule has 2 atom stereocenters. The molecule has 1 saturated carbocycles. The van der Waals surface area contributed by atoms with Crippen molar-refractivity contribution in [2.45, 2.75) is 95.7 Å². The molecule has 0 N–H and O–H groups in total. The van der Waals surface area contributed by atoms with Crippen molar-refractivity contribution >= 4 is 11.3 Å². The van der Waals surface area contributed by atoms with Crippen LogP contribution < -0.4 is 0 Å². The molecule has 0 amide bonds. The molecule has 1 aromatic rings. The summed E-state index contributed by atoms with van der Waals surface area (Å²) in [6.45, 7) is 9.36. The van der Waals surface area contributed by atoms with Gasteiger partial charge in [-0.15, -0.1) is 11.3 Å². The average Bonchev–Trinajstić information content (AvgIpc) is 2.97. The highest BCUT2D eigenvalue weighted by molar-refractivity contribution is 7.10. The topological polar surface area (TPSA) is 12.5 Å². The molecule has 1 aromatic heterocycles. The van der Waals surface area contributed by atoms with Crippen LogP contribution in [-0.2, 0) is 4.84 Å². The van der Waals surface area contributed by atoms with E-state index in [1.54, 1.807) is 4.88 Å². The second kappa shape index (κ2) is 6.26. The van der Waals surface area contributed by atoms with E-state index >= 15 is 0 Å². The zero-order valence-corrected chi connectivity index (χ0v) is 15.4. The quantitative estimate of drug-likeness (QED) is 0.703. The zero-order chi connectivity index (χ0) is 15.8. The summed E-state index contributed by atoms with van der Waals surface area (Å²) in [6, 6.07) is 4.48. The van der Waals surface area contributed by atoms with E-state index in [0.29, 0.717) is 12.0 Å². The highest BCUT2D eigenvalue weighted by Gasteiger charge is 2.44. The van der Waals surface area contributed by atoms with E-state index in [0.717, 1.165) is 0 Å². The maximum atomic E-state index is 6.63. The van der Waals surface area contributed by atoms with Crippen LogP contribution in [0.4, 0.5) is 0 Å². The molecule has 0 aromatic carbocycles. The first-order chi connectivity index (χ1) is 10.4. The summed E-state index contributed by atoms with van der Waals surface area (Å²) in [7, 11) is 0. The molecule has 0 bridgehead atoms. The lowest BCUT2D eigenvalue weighted by atomic mass is 9.82. The number of hydrogen-bond acceptors (Lipinski definition) is 3. The minimum atomic E-state index is 0.150. The molecule has 1 aliphatic carbocycles. The van der Waals surface area contributed by atoms with Crippen LogP contribution in [-0.4, -0.2) is 22.2 Å². The lowest BCUT2D eigenvalue weighted by Gasteiger charge is -2.53. The smallest absolute Gasteiger partial charge is 0.0799 e. The third-order valence-corrected chi connectivity index (χ3v) is 6.54. The van der Waals surface area contributed by atoms with Gasteiger partial charge in [-0.05, 0) is 83.6 Å². The SMILES string of the molecule is CC1(C)CCCC(C)(C)N1OC1CCCC(c2cccs2)C1. The summed E-state index contributed by atoms with van der Waals surface area (Å²) in [5.41, 5.74) is 0.301. The van der Waals surface area contributed by atoms with Crippen LogP contribution in [0.5, 0.6) is 0 Å². The average molecular weight is 322 g/mol. The van der Waals surface area contributed by atoms with E-state index in [4.69, 9.17) is 4.84 Å². The Hall–Kier alpha value is -0.380. The lowest BCUT2D eigenvalue weighted by Crippen LogP contribution is -2.59. The van der Waals surface area contributed by atoms with E-state index in [-0.39, 0.29) is 11.1 Å². The van der Waals surface area contributed by atoms with Crippen LogP contribution in [0.2, 0.25) is 0 Å². The summed E-state index contributed by atoms with van der Waals surface area (Å²) < 4.78 is 0. The van der Waals surface area contributed by atoms with Crippen LogP contribution in [0.1, 0.15) is 83.4 Å². The number of nitrogens with zero attached hydrogens (tertiary/aromatic N) is 1. The molecule has 1 aliphatic heterocycles. The van der Waals surface area contributed by atoms with Gasteiger partial charge in [-0.3, -0.25) is 4.84 Å². The van der Waals surface area contributed by atoms with Crippen LogP contribution >= 0.6 is 11.3 Å². The first kappa shape index (κ1) is 16.5. The number of rotatable bonds is 3. The molecule has 0 radical (unpaired) electrons. The maximum absolute atomic E-state index is 6.63. The van der Waals surface area contributed by atoms with Crippen LogP contribution in [0, 0.1) is 0 Å². The molecule has 3 rings (SSSR count). The second-order valence-corrected chi connectivity index (χ2v) is 9.36. The fourth-order valence-electron chi connectivity index (χ4n) is 4.43. The summed E-state index contributed by atoms with van der Waals surface area (Å²) in [5, 5.41) is 4.56. The predicted octanol–water partition coefficient (Wildman–Crippen LogP) is 5.75. The Kier molecular flexibility index (Phi) is 4.69. The Bertz CT molecular complexity index is 464. The monoisotopic (exact) mass is 321 g/mol. The molecule has 2 unspecified atom stereocenters. The Balaban J connectivity index is 1.68. The van der Waals surface area contributed by atoms with E-state index in [1.165, 1.54) is 44.9 Å². The summed E-state index contributed by atoms with van der Waals surface area (Å²) in [4.78, 5) is 8.18. The van der Waals surface area contributed by atoms with Crippen molar-refractivity contribution < 1.29 is 4.84 Å². The summed E-state index contributed by atoms with van der Waals surface area (Å²) >= 11 is 1.91. The summed E-state index contributed by atoms with van der Waals surface area (Å²) in [5.74, 6) is 0.703. The van der Waals surface area contributed by atoms with E-state index in [1.807, 2.05) is 11.3 Å². The standard InChI is InChI=1S/C19H31NOS/c1-18(2)11-7-12-19(3,4)20(18)21-16-9-5-8-15(14-16)17-10-6-13-22-17/h6,10,13,15-16H,5,7-9,11-12,14H2,1-4H3. The molecule has 2 fully saturated rings. The minimum Gasteiger partial charge on any atom is -0.295 e. The van der Waals surface area contributed by atoms with Gasteiger partial charge in [-0.1, -0.05) is 12.5 Å². The molecule has 2 nitrogen and oxygen atoms in total. The van der Waals surface area contributed by atoms with Crippen LogP contribution in [0.25, 0.3) is 0 Å². The molecule has 2 heterocycles. The van der Waals surface area contributed by atoms with Crippen molar-refractivity contribution in [3.05, 3.63) is 22.4 Å². The first-order valence-corrected chi connectivity index (χ1v) is 9.77. The van der Waals surface area contributed by atoms with Crippen LogP contribution in [0.15, 0.2) is 17.5 Å². The van der Waals surface area contributed by atoms with Crippen molar-refractivity contribution in [1.82, 2.24) is 5.06 Å². The highest BCUT2D eigenvalue weighted by atomic mass is 32.1. The molecule has 3 heteroatoms. The first-order valence-electron chi connectivity index (χ1n) is 8.89. The molecular weight excluding hydrogens is 290 g/mol. The van der Waals surface area contributed by atoms with Gasteiger partial charge in [-0.2, -0.15) is 5.06 Å². The number of hydroxylamine groups is 2. The number of piperidine rings is 1. The number of thiophene rings is 1. The minimum absolute atomic E-state index is 0.150. The third kappa shape index (κ3) is 3.42. The normalized spacial score (nSPS) is 32.0. The van der Waals surface area contributed by atoms with E-state index in [9.17, 15) is 0 Å². The molecule has 0 spiro atoms. The van der Waals surface area contributed by atoms with Gasteiger partial charge >= 0.3 is 0 Å². The fraction of sp³-hybridized carbons (Fsp3) is 0.789. The maximum Gasteiger partial charge on any atom is 0.0799 e. The van der Waals surface area contributed by atoms with Gasteiger partial charge < -0.3 is 0 Å². The Morgan fingerprint density at radius 1 is 1.09 bits per heavy atom. The number of hydrogen-bond donors (Lipinski definition) is 0. The fourth-order valence-corrected chi connectivity index (χ4v) is 5.31. The zero-order valence-electron chi connectivity index (χ0n) is 14.6. The molecular formula is C19H31NOS. The van der Waals surface area contributed by atoms with E-state index < -0.39 is 0 Å². The Labute approximate surface area is 139 Å². The van der Waals surface area contributed by atoms with Crippen molar-refractivity contribution in [3.63, 3.8) is 0 Å². The molecule has 1 saturated heterocycles. The van der Waals surface area contributed by atoms with Gasteiger partial charge in [0.05, 0.1) is 6.10 Å². The summed E-state index contributed by atoms with van der Waals surface area (Å²) in [6.07, 6.45) is 9.18. The van der Waals surface area contributed by atoms with Crippen molar-refractivity contribution in [1.29, 1.82) is 0 Å². The van der Waals surface area contributed by atoms with Gasteiger partial charge in [0, 0.05) is 16.0 Å². The lowest BCUT2D eigenvalue weighted by molar-refractivity contribution is -0.308. The van der Waals surface area contributed by atoms with Gasteiger partial charge in [0.25, 0.3) is 0 Å². The van der Waals surface area contributed by atoms with Gasteiger partial charge in [0.2, 0.25) is 0 Å². The Morgan fingerprint density at radius 2 is 1.82 bits per heavy atom. The van der Waals surface area contributed by atoms with E-state index in [2.05, 4.69) is 50.3 Å². The Morgan fingerprint density at radius 3 is 2.45 bits per heavy atom. The molecule has 22 heavy (non-hydrogen) atoms. The third-order valence-electron chi connectivity index (χ3n) is 5.50. The molecule has 2 aliphatic rings. The molecule has 124 valence electrons.